The number of hydrogen-bond donors (Lipinski definition) is 1. The number of carboxylic acid groups (broad SMARTS) is 1. The van der Waals surface area contributed by atoms with Crippen molar-refractivity contribution in [2.75, 3.05) is 22.9 Å². The third-order valence-electron chi connectivity index (χ3n) is 7.89. The van der Waals surface area contributed by atoms with Gasteiger partial charge in [0.25, 0.3) is 0 Å². The van der Waals surface area contributed by atoms with E-state index in [0.717, 1.165) is 41.9 Å². The van der Waals surface area contributed by atoms with Gasteiger partial charge in [-0.05, 0) is 56.0 Å². The summed E-state index contributed by atoms with van der Waals surface area (Å²) in [5.41, 5.74) is 2.81. The van der Waals surface area contributed by atoms with Gasteiger partial charge in [-0.3, -0.25) is 9.59 Å². The number of carboxylic acids is 1. The maximum atomic E-state index is 14.9. The number of fused-ring (bicyclic) bond motifs is 2. The first-order chi connectivity index (χ1) is 18.8. The van der Waals surface area contributed by atoms with Crippen LogP contribution in [0.2, 0.25) is 10.0 Å². The number of hydrogen-bond acceptors (Lipinski definition) is 6. The van der Waals surface area contributed by atoms with Crippen LogP contribution in [0.5, 0.6) is 0 Å². The first kappa shape index (κ1) is 26.1. The number of amides is 1. The zero-order valence-corrected chi connectivity index (χ0v) is 22.4. The maximum absolute atomic E-state index is 14.9. The first-order valence-corrected chi connectivity index (χ1v) is 13.6. The fourth-order valence-electron chi connectivity index (χ4n) is 5.90. The molecule has 3 atom stereocenters. The second-order valence-corrected chi connectivity index (χ2v) is 11.2. The molecule has 2 aliphatic carbocycles. The molecule has 0 spiro atoms. The van der Waals surface area contributed by atoms with Gasteiger partial charge in [0.15, 0.2) is 0 Å². The van der Waals surface area contributed by atoms with E-state index in [1.54, 1.807) is 24.3 Å². The third kappa shape index (κ3) is 4.99. The molecule has 0 radical (unpaired) electrons. The van der Waals surface area contributed by atoms with Gasteiger partial charge in [0.05, 0.1) is 28.4 Å². The maximum Gasteiger partial charge on any atom is 0.323 e. The third-order valence-corrected chi connectivity index (χ3v) is 8.52. The van der Waals surface area contributed by atoms with Crippen LogP contribution in [-0.4, -0.2) is 47.9 Å². The molecule has 2 aromatic carbocycles. The van der Waals surface area contributed by atoms with Crippen LogP contribution in [0.1, 0.15) is 42.9 Å². The molecule has 3 aliphatic rings. The van der Waals surface area contributed by atoms with Crippen molar-refractivity contribution in [2.45, 2.75) is 50.4 Å². The average Bonchev–Trinajstić information content (AvgIpc) is 3.35. The lowest BCUT2D eigenvalue weighted by atomic mass is 10.0. The molecule has 1 aliphatic heterocycles. The number of ether oxygens (including phenoxy) is 1. The van der Waals surface area contributed by atoms with Crippen LogP contribution in [-0.2, 0) is 20.9 Å². The predicted molar refractivity (Wildman–Crippen MR) is 144 cm³/mol. The van der Waals surface area contributed by atoms with Crippen LogP contribution in [0, 0.1) is 11.7 Å². The van der Waals surface area contributed by atoms with Gasteiger partial charge >= 0.3 is 5.97 Å². The van der Waals surface area contributed by atoms with Crippen LogP contribution in [0.3, 0.4) is 0 Å². The summed E-state index contributed by atoms with van der Waals surface area (Å²) >= 11 is 13.0. The van der Waals surface area contributed by atoms with Gasteiger partial charge in [0, 0.05) is 41.2 Å². The lowest BCUT2D eigenvalue weighted by Crippen LogP contribution is -2.38. The molecule has 6 rings (SSSR count). The zero-order chi connectivity index (χ0) is 27.3. The SMILES string of the molecule is O=CN(CC(=O)O)c1ccc(N2C[C@@H]3C[C@H]2C[C@H]3OCc2c(-c3c(Cl)cccc3Cl)noc2C2CC2)cc1F. The minimum absolute atomic E-state index is 0.0352. The summed E-state index contributed by atoms with van der Waals surface area (Å²) in [7, 11) is 0. The Hall–Kier alpha value is -3.14. The van der Waals surface area contributed by atoms with E-state index in [0.29, 0.717) is 52.5 Å². The Balaban J connectivity index is 1.15. The number of carbonyl (C=O) groups is 2. The molecule has 0 unspecified atom stereocenters. The molecular formula is C28H26Cl2FN3O5. The Morgan fingerprint density at radius 2 is 2.00 bits per heavy atom. The molecule has 39 heavy (non-hydrogen) atoms. The topological polar surface area (TPSA) is 96.1 Å². The number of nitrogens with zero attached hydrogens (tertiary/aromatic N) is 3. The van der Waals surface area contributed by atoms with Gasteiger partial charge < -0.3 is 24.2 Å². The predicted octanol–water partition coefficient (Wildman–Crippen LogP) is 5.90. The highest BCUT2D eigenvalue weighted by molar-refractivity contribution is 6.39. The van der Waals surface area contributed by atoms with Gasteiger partial charge in [-0.2, -0.15) is 0 Å². The molecule has 3 aromatic rings. The number of piperidine rings is 1. The zero-order valence-electron chi connectivity index (χ0n) is 20.9. The molecule has 11 heteroatoms. The molecule has 3 fully saturated rings. The summed E-state index contributed by atoms with van der Waals surface area (Å²) in [4.78, 5) is 25.2. The van der Waals surface area contributed by atoms with Gasteiger partial charge in [-0.25, -0.2) is 4.39 Å². The van der Waals surface area contributed by atoms with Crippen molar-refractivity contribution in [1.29, 1.82) is 0 Å². The average molecular weight is 574 g/mol. The van der Waals surface area contributed by atoms with E-state index < -0.39 is 18.3 Å². The van der Waals surface area contributed by atoms with Crippen LogP contribution < -0.4 is 9.80 Å². The van der Waals surface area contributed by atoms with Gasteiger partial charge in [0.2, 0.25) is 6.41 Å². The minimum atomic E-state index is -1.22. The molecule has 8 nitrogen and oxygen atoms in total. The van der Waals surface area contributed by atoms with E-state index in [-0.39, 0.29) is 23.8 Å². The van der Waals surface area contributed by atoms with Gasteiger partial charge in [-0.15, -0.1) is 0 Å². The molecule has 2 bridgehead atoms. The van der Waals surface area contributed by atoms with E-state index in [9.17, 15) is 14.0 Å². The summed E-state index contributed by atoms with van der Waals surface area (Å²) < 4.78 is 27.1. The number of benzene rings is 2. The molecule has 1 amide bonds. The van der Waals surface area contributed by atoms with Crippen molar-refractivity contribution >= 4 is 47.0 Å². The summed E-state index contributed by atoms with van der Waals surface area (Å²) in [5.74, 6) is -0.403. The molecular weight excluding hydrogens is 548 g/mol. The Kier molecular flexibility index (Phi) is 6.99. The number of halogens is 3. The van der Waals surface area contributed by atoms with Gasteiger partial charge in [0.1, 0.15) is 23.8 Å². The highest BCUT2D eigenvalue weighted by atomic mass is 35.5. The van der Waals surface area contributed by atoms with E-state index in [1.807, 2.05) is 0 Å². The fourth-order valence-corrected chi connectivity index (χ4v) is 6.47. The number of anilines is 2. The van der Waals surface area contributed by atoms with Crippen molar-refractivity contribution in [3.05, 3.63) is 63.6 Å². The number of rotatable bonds is 10. The Morgan fingerprint density at radius 1 is 1.23 bits per heavy atom. The second-order valence-electron chi connectivity index (χ2n) is 10.4. The van der Waals surface area contributed by atoms with Crippen molar-refractivity contribution in [3.8, 4) is 11.3 Å². The van der Waals surface area contributed by atoms with E-state index in [1.165, 1.54) is 12.1 Å². The normalized spacial score (nSPS) is 21.9. The first-order valence-electron chi connectivity index (χ1n) is 12.9. The molecule has 2 saturated carbocycles. The minimum Gasteiger partial charge on any atom is -0.480 e. The Labute approximate surface area is 234 Å². The van der Waals surface area contributed by atoms with Crippen LogP contribution in [0.25, 0.3) is 11.3 Å². The largest absolute Gasteiger partial charge is 0.480 e. The van der Waals surface area contributed by atoms with E-state index in [2.05, 4.69) is 10.1 Å². The van der Waals surface area contributed by atoms with E-state index >= 15 is 0 Å². The van der Waals surface area contributed by atoms with Crippen LogP contribution in [0.15, 0.2) is 40.9 Å². The Morgan fingerprint density at radius 3 is 2.62 bits per heavy atom. The summed E-state index contributed by atoms with van der Waals surface area (Å²) in [5, 5.41) is 14.3. The fraction of sp³-hybridized carbons (Fsp3) is 0.393. The lowest BCUT2D eigenvalue weighted by molar-refractivity contribution is -0.136. The number of aromatic nitrogens is 1. The molecule has 2 heterocycles. The molecule has 204 valence electrons. The summed E-state index contributed by atoms with van der Waals surface area (Å²) in [6, 6.07) is 10.1. The van der Waals surface area contributed by atoms with Crippen molar-refractivity contribution in [2.24, 2.45) is 5.92 Å². The smallest absolute Gasteiger partial charge is 0.323 e. The van der Waals surface area contributed by atoms with Crippen molar-refractivity contribution < 1.29 is 28.3 Å². The van der Waals surface area contributed by atoms with Crippen LogP contribution in [0.4, 0.5) is 15.8 Å². The van der Waals surface area contributed by atoms with E-state index in [4.69, 9.17) is 37.6 Å². The Bertz CT molecular complexity index is 1410. The lowest BCUT2D eigenvalue weighted by Gasteiger charge is -2.33. The van der Waals surface area contributed by atoms with Crippen molar-refractivity contribution in [1.82, 2.24) is 5.16 Å². The molecule has 1 N–H and O–H groups in total. The van der Waals surface area contributed by atoms with Crippen molar-refractivity contribution in [3.63, 3.8) is 0 Å². The highest BCUT2D eigenvalue weighted by Crippen LogP contribution is 2.47. The number of carbonyl (C=O) groups excluding carboxylic acids is 1. The summed E-state index contributed by atoms with van der Waals surface area (Å²) in [6.07, 6.45) is 4.18. The second kappa shape index (κ2) is 10.4. The highest BCUT2D eigenvalue weighted by Gasteiger charge is 2.46. The monoisotopic (exact) mass is 573 g/mol. The standard InChI is InChI=1S/C28H26Cl2FN3O5/c29-20-2-1-3-21(30)26(20)27-19(28(39-32-27)15-4-5-15)13-38-24-10-18-8-16(24)11-34(18)17-6-7-23(22(31)9-17)33(14-35)12-25(36)37/h1-3,6-7,9,14-16,18,24H,4-5,8,10-13H2,(H,36,37)/t16-,18-,24+/m0/s1. The molecule has 1 aromatic heterocycles. The van der Waals surface area contributed by atoms with Gasteiger partial charge in [-0.1, -0.05) is 34.4 Å². The summed E-state index contributed by atoms with van der Waals surface area (Å²) in [6.45, 7) is 0.448. The number of aliphatic carboxylic acids is 1. The quantitative estimate of drug-likeness (QED) is 0.302. The molecule has 1 saturated heterocycles. The van der Waals surface area contributed by atoms with Crippen LogP contribution >= 0.6 is 23.2 Å².